The number of sulfonamides is 1. The van der Waals surface area contributed by atoms with Crippen LogP contribution in [0.1, 0.15) is 30.1 Å². The molecule has 0 saturated heterocycles. The Labute approximate surface area is 178 Å². The van der Waals surface area contributed by atoms with E-state index in [-0.39, 0.29) is 16.6 Å². The lowest BCUT2D eigenvalue weighted by Crippen LogP contribution is -2.24. The minimum Gasteiger partial charge on any atom is -0.351 e. The van der Waals surface area contributed by atoms with Gasteiger partial charge in [0.2, 0.25) is 15.9 Å². The number of primary sulfonamides is 1. The fourth-order valence-corrected chi connectivity index (χ4v) is 4.28. The Hall–Kier alpha value is -2.69. The van der Waals surface area contributed by atoms with Gasteiger partial charge in [-0.15, -0.1) is 10.2 Å². The molecule has 0 radical (unpaired) electrons. The van der Waals surface area contributed by atoms with Gasteiger partial charge in [0.1, 0.15) is 5.82 Å². The first-order chi connectivity index (χ1) is 14.4. The molecule has 0 unspecified atom stereocenters. The highest BCUT2D eigenvalue weighted by Crippen LogP contribution is 2.41. The fraction of sp³-hybridized carbons (Fsp3) is 0.250. The number of rotatable bonds is 8. The van der Waals surface area contributed by atoms with E-state index in [1.54, 1.807) is 12.1 Å². The topological polar surface area (TPSA) is 120 Å². The zero-order valence-corrected chi connectivity index (χ0v) is 17.7. The molecule has 30 heavy (non-hydrogen) atoms. The second kappa shape index (κ2) is 8.58. The summed E-state index contributed by atoms with van der Waals surface area (Å²) < 4.78 is 24.6. The molecule has 0 aliphatic heterocycles. The third-order valence-corrected chi connectivity index (χ3v) is 6.55. The van der Waals surface area contributed by atoms with Gasteiger partial charge >= 0.3 is 0 Å². The van der Waals surface area contributed by atoms with Crippen molar-refractivity contribution in [1.29, 1.82) is 0 Å². The SMILES string of the molecule is NS(=O)(=O)c1ccc(CNC(=O)CSc2nnc(C3CC3)n2-c2ccccc2)cc1. The van der Waals surface area contributed by atoms with Crippen molar-refractivity contribution in [2.45, 2.75) is 35.4 Å². The van der Waals surface area contributed by atoms with Crippen LogP contribution in [0.3, 0.4) is 0 Å². The summed E-state index contributed by atoms with van der Waals surface area (Å²) in [5, 5.41) is 17.3. The first-order valence-corrected chi connectivity index (χ1v) is 12.0. The molecule has 0 atom stereocenters. The molecule has 10 heteroatoms. The number of thioether (sulfide) groups is 1. The maximum absolute atomic E-state index is 12.3. The molecule has 8 nitrogen and oxygen atoms in total. The molecule has 1 amide bonds. The van der Waals surface area contributed by atoms with Crippen LogP contribution < -0.4 is 10.5 Å². The van der Waals surface area contributed by atoms with Crippen LogP contribution in [0.5, 0.6) is 0 Å². The number of aromatic nitrogens is 3. The quantitative estimate of drug-likeness (QED) is 0.515. The highest BCUT2D eigenvalue weighted by atomic mass is 32.2. The lowest BCUT2D eigenvalue weighted by atomic mass is 10.2. The van der Waals surface area contributed by atoms with Crippen molar-refractivity contribution in [1.82, 2.24) is 20.1 Å². The Kier molecular flexibility index (Phi) is 5.89. The molecule has 1 saturated carbocycles. The maximum atomic E-state index is 12.3. The van der Waals surface area contributed by atoms with Crippen molar-refractivity contribution >= 4 is 27.7 Å². The minimum atomic E-state index is -3.72. The van der Waals surface area contributed by atoms with Gasteiger partial charge in [-0.25, -0.2) is 13.6 Å². The van der Waals surface area contributed by atoms with Gasteiger partial charge in [0.15, 0.2) is 5.16 Å². The lowest BCUT2D eigenvalue weighted by Gasteiger charge is -2.10. The summed E-state index contributed by atoms with van der Waals surface area (Å²) in [4.78, 5) is 12.4. The average molecular weight is 444 g/mol. The van der Waals surface area contributed by atoms with E-state index in [0.717, 1.165) is 29.9 Å². The summed E-state index contributed by atoms with van der Waals surface area (Å²) in [6, 6.07) is 16.0. The summed E-state index contributed by atoms with van der Waals surface area (Å²) >= 11 is 1.34. The molecule has 0 bridgehead atoms. The summed E-state index contributed by atoms with van der Waals surface area (Å²) in [6.07, 6.45) is 2.22. The number of benzene rings is 2. The number of carbonyl (C=O) groups excluding carboxylic acids is 1. The van der Waals surface area contributed by atoms with Crippen molar-refractivity contribution in [3.05, 3.63) is 66.0 Å². The highest BCUT2D eigenvalue weighted by molar-refractivity contribution is 7.99. The number of nitrogens with two attached hydrogens (primary N) is 1. The Bertz CT molecular complexity index is 1140. The molecule has 2 aromatic carbocycles. The van der Waals surface area contributed by atoms with E-state index in [2.05, 4.69) is 15.5 Å². The molecule has 1 aromatic heterocycles. The molecule has 4 rings (SSSR count). The molecule has 1 heterocycles. The second-order valence-electron chi connectivity index (χ2n) is 7.04. The van der Waals surface area contributed by atoms with Gasteiger partial charge in [0.05, 0.1) is 10.6 Å². The van der Waals surface area contributed by atoms with E-state index in [0.29, 0.717) is 17.6 Å². The van der Waals surface area contributed by atoms with E-state index in [9.17, 15) is 13.2 Å². The molecule has 0 spiro atoms. The third-order valence-electron chi connectivity index (χ3n) is 4.69. The molecule has 3 N–H and O–H groups in total. The number of hydrogen-bond donors (Lipinski definition) is 2. The molecule has 1 fully saturated rings. The summed E-state index contributed by atoms with van der Waals surface area (Å²) in [5.41, 5.74) is 1.77. The highest BCUT2D eigenvalue weighted by Gasteiger charge is 2.31. The van der Waals surface area contributed by atoms with Crippen LogP contribution in [0.2, 0.25) is 0 Å². The van der Waals surface area contributed by atoms with Crippen LogP contribution in [0.15, 0.2) is 64.6 Å². The predicted molar refractivity (Wildman–Crippen MR) is 114 cm³/mol. The van der Waals surface area contributed by atoms with Crippen LogP contribution in [0.25, 0.3) is 5.69 Å². The maximum Gasteiger partial charge on any atom is 0.238 e. The number of nitrogens with zero attached hydrogens (tertiary/aromatic N) is 3. The Morgan fingerprint density at radius 2 is 1.80 bits per heavy atom. The standard InChI is InChI=1S/C20H21N5O3S2/c21-30(27,28)17-10-6-14(7-11-17)12-22-18(26)13-29-20-24-23-19(15-8-9-15)25(20)16-4-2-1-3-5-16/h1-7,10-11,15H,8-9,12-13H2,(H,22,26)(H2,21,27,28). The van der Waals surface area contributed by atoms with E-state index in [1.165, 1.54) is 23.9 Å². The number of para-hydroxylation sites is 1. The number of hydrogen-bond acceptors (Lipinski definition) is 6. The largest absolute Gasteiger partial charge is 0.351 e. The van der Waals surface area contributed by atoms with Crippen molar-refractivity contribution < 1.29 is 13.2 Å². The van der Waals surface area contributed by atoms with Gasteiger partial charge in [-0.1, -0.05) is 42.1 Å². The predicted octanol–water partition coefficient (Wildman–Crippen LogP) is 2.20. The van der Waals surface area contributed by atoms with Crippen LogP contribution in [-0.4, -0.2) is 34.8 Å². The van der Waals surface area contributed by atoms with Crippen molar-refractivity contribution in [3.63, 3.8) is 0 Å². The van der Waals surface area contributed by atoms with Gasteiger partial charge < -0.3 is 5.32 Å². The zero-order chi connectivity index (χ0) is 21.1. The van der Waals surface area contributed by atoms with Crippen molar-refractivity contribution in [2.75, 3.05) is 5.75 Å². The first-order valence-electron chi connectivity index (χ1n) is 9.44. The molecule has 1 aliphatic rings. The fourth-order valence-electron chi connectivity index (χ4n) is 2.98. The zero-order valence-electron chi connectivity index (χ0n) is 16.1. The minimum absolute atomic E-state index is 0.0415. The summed E-state index contributed by atoms with van der Waals surface area (Å²) in [5.74, 6) is 1.43. The van der Waals surface area contributed by atoms with Crippen molar-refractivity contribution in [2.24, 2.45) is 5.14 Å². The third kappa shape index (κ3) is 4.89. The lowest BCUT2D eigenvalue weighted by molar-refractivity contribution is -0.118. The smallest absolute Gasteiger partial charge is 0.238 e. The molecule has 1 aliphatic carbocycles. The van der Waals surface area contributed by atoms with Crippen LogP contribution in [0.4, 0.5) is 0 Å². The Balaban J connectivity index is 1.37. The molecule has 156 valence electrons. The second-order valence-corrected chi connectivity index (χ2v) is 9.54. The van der Waals surface area contributed by atoms with E-state index < -0.39 is 10.0 Å². The van der Waals surface area contributed by atoms with E-state index in [1.807, 2.05) is 34.9 Å². The first kappa shape index (κ1) is 20.6. The summed E-state index contributed by atoms with van der Waals surface area (Å²) in [6.45, 7) is 0.295. The number of amides is 1. The average Bonchev–Trinajstić information content (AvgIpc) is 3.50. The Morgan fingerprint density at radius 3 is 2.43 bits per heavy atom. The van der Waals surface area contributed by atoms with Gasteiger partial charge in [-0.3, -0.25) is 9.36 Å². The van der Waals surface area contributed by atoms with Gasteiger partial charge in [0.25, 0.3) is 0 Å². The molecular formula is C20H21N5O3S2. The normalized spacial score (nSPS) is 13.9. The van der Waals surface area contributed by atoms with Gasteiger partial charge in [0, 0.05) is 18.2 Å². The van der Waals surface area contributed by atoms with Crippen molar-refractivity contribution in [3.8, 4) is 5.69 Å². The molecular weight excluding hydrogens is 422 g/mol. The van der Waals surface area contributed by atoms with Crippen LogP contribution >= 0.6 is 11.8 Å². The molecule has 3 aromatic rings. The monoisotopic (exact) mass is 443 g/mol. The van der Waals surface area contributed by atoms with E-state index in [4.69, 9.17) is 5.14 Å². The van der Waals surface area contributed by atoms with E-state index >= 15 is 0 Å². The number of carbonyl (C=O) groups is 1. The Morgan fingerprint density at radius 1 is 1.10 bits per heavy atom. The van der Waals surface area contributed by atoms with Crippen LogP contribution in [0, 0.1) is 0 Å². The number of nitrogens with one attached hydrogen (secondary N) is 1. The summed E-state index contributed by atoms with van der Waals surface area (Å²) in [7, 11) is -3.72. The van der Waals surface area contributed by atoms with Gasteiger partial charge in [-0.05, 0) is 42.7 Å². The van der Waals surface area contributed by atoms with Crippen LogP contribution in [-0.2, 0) is 21.4 Å². The van der Waals surface area contributed by atoms with Gasteiger partial charge in [-0.2, -0.15) is 0 Å².